The van der Waals surface area contributed by atoms with E-state index in [9.17, 15) is 9.59 Å². The van der Waals surface area contributed by atoms with Crippen molar-refractivity contribution in [3.63, 3.8) is 0 Å². The number of hydrogen-bond acceptors (Lipinski definition) is 2. The smallest absolute Gasteiger partial charge is 0.329 e. The van der Waals surface area contributed by atoms with Crippen molar-refractivity contribution in [2.24, 2.45) is 5.92 Å². The summed E-state index contributed by atoms with van der Waals surface area (Å²) in [6.07, 6.45) is 4.35. The molecule has 0 aromatic carbocycles. The first-order valence-electron chi connectivity index (χ1n) is 5.55. The Morgan fingerprint density at radius 1 is 1.40 bits per heavy atom. The third-order valence-corrected chi connectivity index (χ3v) is 3.30. The molecule has 86 valence electrons. The third-order valence-electron chi connectivity index (χ3n) is 3.30. The molecule has 1 aliphatic carbocycles. The monoisotopic (exact) mass is 213 g/mol. The van der Waals surface area contributed by atoms with E-state index in [2.05, 4.69) is 5.32 Å². The van der Waals surface area contributed by atoms with Crippen LogP contribution >= 0.6 is 0 Å². The van der Waals surface area contributed by atoms with Gasteiger partial charge in [0.2, 0.25) is 5.91 Å². The number of carboxylic acid groups (broad SMARTS) is 1. The van der Waals surface area contributed by atoms with E-state index in [1.54, 1.807) is 13.8 Å². The summed E-state index contributed by atoms with van der Waals surface area (Å²) >= 11 is 0. The Hall–Kier alpha value is -1.06. The van der Waals surface area contributed by atoms with Crippen LogP contribution in [0.15, 0.2) is 0 Å². The summed E-state index contributed by atoms with van der Waals surface area (Å²) in [5.74, 6) is -1.04. The van der Waals surface area contributed by atoms with Crippen molar-refractivity contribution in [2.75, 3.05) is 0 Å². The Morgan fingerprint density at radius 2 is 1.93 bits per heavy atom. The second kappa shape index (κ2) is 4.64. The van der Waals surface area contributed by atoms with Gasteiger partial charge in [0.15, 0.2) is 0 Å². The molecule has 0 radical (unpaired) electrons. The van der Waals surface area contributed by atoms with Crippen molar-refractivity contribution in [3.8, 4) is 0 Å². The van der Waals surface area contributed by atoms with E-state index >= 15 is 0 Å². The highest BCUT2D eigenvalue weighted by atomic mass is 16.4. The maximum atomic E-state index is 11.7. The fourth-order valence-electron chi connectivity index (χ4n) is 1.86. The molecule has 1 amide bonds. The zero-order valence-electron chi connectivity index (χ0n) is 9.38. The predicted octanol–water partition coefficient (Wildman–Crippen LogP) is 1.55. The van der Waals surface area contributed by atoms with Gasteiger partial charge < -0.3 is 10.4 Å². The van der Waals surface area contributed by atoms with Crippen LogP contribution in [-0.4, -0.2) is 22.5 Å². The average molecular weight is 213 g/mol. The SMILES string of the molecule is CCC(C)(NC(=O)C1CCCC1)C(=O)O. The maximum absolute atomic E-state index is 11.7. The maximum Gasteiger partial charge on any atom is 0.329 e. The van der Waals surface area contributed by atoms with Crippen LogP contribution in [0.4, 0.5) is 0 Å². The fraction of sp³-hybridized carbons (Fsp3) is 0.818. The first-order valence-corrected chi connectivity index (χ1v) is 5.55. The predicted molar refractivity (Wildman–Crippen MR) is 56.4 cm³/mol. The van der Waals surface area contributed by atoms with E-state index in [1.807, 2.05) is 0 Å². The standard InChI is InChI=1S/C11H19NO3/c1-3-11(2,10(14)15)12-9(13)8-6-4-5-7-8/h8H,3-7H2,1-2H3,(H,12,13)(H,14,15). The van der Waals surface area contributed by atoms with Gasteiger partial charge in [0.25, 0.3) is 0 Å². The number of carbonyl (C=O) groups excluding carboxylic acids is 1. The molecule has 0 bridgehead atoms. The van der Waals surface area contributed by atoms with Crippen LogP contribution in [0.3, 0.4) is 0 Å². The Morgan fingerprint density at radius 3 is 2.33 bits per heavy atom. The van der Waals surface area contributed by atoms with Crippen LogP contribution in [0.25, 0.3) is 0 Å². The van der Waals surface area contributed by atoms with Gasteiger partial charge in [0.05, 0.1) is 0 Å². The summed E-state index contributed by atoms with van der Waals surface area (Å²) in [5.41, 5.74) is -1.11. The van der Waals surface area contributed by atoms with Gasteiger partial charge in [-0.05, 0) is 26.2 Å². The first-order chi connectivity index (χ1) is 6.99. The van der Waals surface area contributed by atoms with Crippen molar-refractivity contribution in [2.45, 2.75) is 51.5 Å². The van der Waals surface area contributed by atoms with Gasteiger partial charge >= 0.3 is 5.97 Å². The van der Waals surface area contributed by atoms with Crippen LogP contribution in [-0.2, 0) is 9.59 Å². The normalized spacial score (nSPS) is 20.9. The van der Waals surface area contributed by atoms with E-state index in [-0.39, 0.29) is 11.8 Å². The molecular weight excluding hydrogens is 194 g/mol. The summed E-state index contributed by atoms with van der Waals surface area (Å²) in [5, 5.41) is 11.7. The molecule has 4 heteroatoms. The minimum atomic E-state index is -1.11. The molecule has 15 heavy (non-hydrogen) atoms. The van der Waals surface area contributed by atoms with Gasteiger partial charge in [-0.1, -0.05) is 19.8 Å². The Kier molecular flexibility index (Phi) is 3.72. The van der Waals surface area contributed by atoms with Crippen LogP contribution < -0.4 is 5.32 Å². The van der Waals surface area contributed by atoms with E-state index in [0.717, 1.165) is 25.7 Å². The molecule has 0 aliphatic heterocycles. The molecule has 1 unspecified atom stereocenters. The highest BCUT2D eigenvalue weighted by Gasteiger charge is 2.35. The number of rotatable bonds is 4. The number of nitrogens with one attached hydrogen (secondary N) is 1. The van der Waals surface area contributed by atoms with Crippen molar-refractivity contribution in [1.29, 1.82) is 0 Å². The van der Waals surface area contributed by atoms with Gasteiger partial charge in [0, 0.05) is 5.92 Å². The number of amides is 1. The van der Waals surface area contributed by atoms with Crippen LogP contribution in [0, 0.1) is 5.92 Å². The second-order valence-electron chi connectivity index (χ2n) is 4.46. The summed E-state index contributed by atoms with van der Waals surface area (Å²) in [7, 11) is 0. The van der Waals surface area contributed by atoms with Crippen molar-refractivity contribution in [1.82, 2.24) is 5.32 Å². The molecule has 0 spiro atoms. The first kappa shape index (κ1) is 12.0. The molecule has 0 saturated heterocycles. The fourth-order valence-corrected chi connectivity index (χ4v) is 1.86. The topological polar surface area (TPSA) is 66.4 Å². The third kappa shape index (κ3) is 2.70. The largest absolute Gasteiger partial charge is 0.480 e. The summed E-state index contributed by atoms with van der Waals surface area (Å²) in [6.45, 7) is 3.32. The van der Waals surface area contributed by atoms with Crippen molar-refractivity contribution in [3.05, 3.63) is 0 Å². The quantitative estimate of drug-likeness (QED) is 0.744. The number of aliphatic carboxylic acids is 1. The van der Waals surface area contributed by atoms with Crippen LogP contribution in [0.5, 0.6) is 0 Å². The molecule has 1 atom stereocenters. The summed E-state index contributed by atoms with van der Waals surface area (Å²) < 4.78 is 0. The summed E-state index contributed by atoms with van der Waals surface area (Å²) in [4.78, 5) is 22.7. The Labute approximate surface area is 90.0 Å². The molecule has 1 fully saturated rings. The minimum absolute atomic E-state index is 0.0234. The lowest BCUT2D eigenvalue weighted by molar-refractivity contribution is -0.147. The molecule has 0 heterocycles. The van der Waals surface area contributed by atoms with E-state index in [4.69, 9.17) is 5.11 Å². The molecule has 2 N–H and O–H groups in total. The minimum Gasteiger partial charge on any atom is -0.480 e. The number of hydrogen-bond donors (Lipinski definition) is 2. The Bertz CT molecular complexity index is 259. The van der Waals surface area contributed by atoms with E-state index < -0.39 is 11.5 Å². The molecule has 0 aromatic heterocycles. The molecule has 1 aliphatic rings. The molecule has 0 aromatic rings. The van der Waals surface area contributed by atoms with E-state index in [0.29, 0.717) is 6.42 Å². The second-order valence-corrected chi connectivity index (χ2v) is 4.46. The molecule has 1 rings (SSSR count). The lowest BCUT2D eigenvalue weighted by atomic mass is 9.97. The lowest BCUT2D eigenvalue weighted by Gasteiger charge is -2.26. The summed E-state index contributed by atoms with van der Waals surface area (Å²) in [6, 6.07) is 0. The average Bonchev–Trinajstić information content (AvgIpc) is 2.70. The molecule has 4 nitrogen and oxygen atoms in total. The number of carboxylic acids is 1. The highest BCUT2D eigenvalue weighted by Crippen LogP contribution is 2.25. The van der Waals surface area contributed by atoms with Crippen molar-refractivity contribution < 1.29 is 14.7 Å². The Balaban J connectivity index is 2.58. The highest BCUT2D eigenvalue weighted by molar-refractivity contribution is 5.87. The van der Waals surface area contributed by atoms with Crippen molar-refractivity contribution >= 4 is 11.9 Å². The zero-order valence-corrected chi connectivity index (χ0v) is 9.38. The van der Waals surface area contributed by atoms with Gasteiger partial charge in [-0.15, -0.1) is 0 Å². The van der Waals surface area contributed by atoms with Gasteiger partial charge in [-0.3, -0.25) is 4.79 Å². The van der Waals surface area contributed by atoms with Gasteiger partial charge in [-0.25, -0.2) is 4.79 Å². The number of carbonyl (C=O) groups is 2. The van der Waals surface area contributed by atoms with Crippen LogP contribution in [0.2, 0.25) is 0 Å². The molecular formula is C11H19NO3. The van der Waals surface area contributed by atoms with Crippen LogP contribution in [0.1, 0.15) is 46.0 Å². The van der Waals surface area contributed by atoms with E-state index in [1.165, 1.54) is 0 Å². The lowest BCUT2D eigenvalue weighted by Crippen LogP contribution is -2.53. The zero-order chi connectivity index (χ0) is 11.5. The molecule has 1 saturated carbocycles. The van der Waals surface area contributed by atoms with Gasteiger partial charge in [0.1, 0.15) is 5.54 Å². The van der Waals surface area contributed by atoms with Gasteiger partial charge in [-0.2, -0.15) is 0 Å².